The van der Waals surface area contributed by atoms with Gasteiger partial charge in [0.2, 0.25) is 5.54 Å². The van der Waals surface area contributed by atoms with Crippen molar-refractivity contribution >= 4 is 39.3 Å². The molecule has 6 nitrogen and oxygen atoms in total. The first-order valence-electron chi connectivity index (χ1n) is 10.2. The maximum atomic E-state index is 13.1. The molecule has 1 atom stereocenters. The largest absolute Gasteiger partial charge is 0.464 e. The van der Waals surface area contributed by atoms with E-state index < -0.39 is 40.9 Å². The number of fused-ring (bicyclic) bond motifs is 1. The summed E-state index contributed by atoms with van der Waals surface area (Å²) in [5, 5.41) is 2.86. The van der Waals surface area contributed by atoms with E-state index in [4.69, 9.17) is 9.47 Å². The molecule has 0 aromatic heterocycles. The van der Waals surface area contributed by atoms with Crippen molar-refractivity contribution in [3.05, 3.63) is 63.6 Å². The maximum Gasteiger partial charge on any atom is 0.454 e. The normalized spacial score (nSPS) is 16.8. The number of alkyl halides is 3. The molecule has 33 heavy (non-hydrogen) atoms. The molecule has 2 aromatic carbocycles. The van der Waals surface area contributed by atoms with E-state index >= 15 is 0 Å². The van der Waals surface area contributed by atoms with Crippen LogP contribution in [0.5, 0.6) is 0 Å². The van der Waals surface area contributed by atoms with Crippen LogP contribution in [-0.2, 0) is 19.1 Å². The summed E-state index contributed by atoms with van der Waals surface area (Å²) in [6.07, 6.45) is -5.24. The average molecular weight is 528 g/mol. The first kappa shape index (κ1) is 24.8. The molecule has 10 heteroatoms. The lowest BCUT2D eigenvalue weighted by molar-refractivity contribution is -0.163. The molecule has 0 saturated heterocycles. The number of hydrogen-bond acceptors (Lipinski definition) is 6. The zero-order chi connectivity index (χ0) is 24.4. The molecular weight excluding hydrogens is 507 g/mol. The molecule has 1 unspecified atom stereocenters. The lowest BCUT2D eigenvalue weighted by atomic mass is 9.75. The number of hydrogen-bond donors (Lipinski definition) is 1. The Morgan fingerprint density at radius 2 is 1.64 bits per heavy atom. The van der Waals surface area contributed by atoms with Gasteiger partial charge >= 0.3 is 18.1 Å². The fourth-order valence-electron chi connectivity index (χ4n) is 3.85. The highest BCUT2D eigenvalue weighted by molar-refractivity contribution is 9.10. The van der Waals surface area contributed by atoms with Crippen molar-refractivity contribution < 1.29 is 37.0 Å². The van der Waals surface area contributed by atoms with Gasteiger partial charge in [0, 0.05) is 22.4 Å². The summed E-state index contributed by atoms with van der Waals surface area (Å²) in [6.45, 7) is 3.19. The predicted molar refractivity (Wildman–Crippen MR) is 117 cm³/mol. The van der Waals surface area contributed by atoms with Crippen LogP contribution in [0.25, 0.3) is 0 Å². The monoisotopic (exact) mass is 527 g/mol. The van der Waals surface area contributed by atoms with E-state index in [1.54, 1.807) is 44.2 Å². The molecular formula is C23H21BrF3NO5. The van der Waals surface area contributed by atoms with Crippen molar-refractivity contribution in [3.8, 4) is 0 Å². The van der Waals surface area contributed by atoms with E-state index in [0.717, 1.165) is 12.1 Å². The molecule has 1 N–H and O–H groups in total. The number of carbonyl (C=O) groups excluding carboxylic acids is 3. The molecule has 1 aliphatic heterocycles. The first-order chi connectivity index (χ1) is 15.5. The smallest absolute Gasteiger partial charge is 0.454 e. The van der Waals surface area contributed by atoms with E-state index in [1.807, 2.05) is 0 Å². The highest BCUT2D eigenvalue weighted by Gasteiger charge is 2.54. The number of ketones is 1. The number of anilines is 1. The van der Waals surface area contributed by atoms with Gasteiger partial charge in [-0.2, -0.15) is 13.2 Å². The third kappa shape index (κ3) is 4.75. The van der Waals surface area contributed by atoms with Gasteiger partial charge in [0.05, 0.1) is 18.9 Å². The number of halogens is 4. The molecule has 0 amide bonds. The van der Waals surface area contributed by atoms with E-state index in [0.29, 0.717) is 11.1 Å². The maximum absolute atomic E-state index is 13.1. The molecule has 0 spiro atoms. The molecule has 3 rings (SSSR count). The van der Waals surface area contributed by atoms with Crippen molar-refractivity contribution in [3.63, 3.8) is 0 Å². The third-order valence-electron chi connectivity index (χ3n) is 5.31. The van der Waals surface area contributed by atoms with Gasteiger partial charge in [0.15, 0.2) is 0 Å². The lowest BCUT2D eigenvalue weighted by Crippen LogP contribution is -2.58. The van der Waals surface area contributed by atoms with Gasteiger partial charge < -0.3 is 14.8 Å². The minimum absolute atomic E-state index is 0.00468. The molecule has 176 valence electrons. The van der Waals surface area contributed by atoms with Crippen molar-refractivity contribution in [2.24, 2.45) is 0 Å². The van der Waals surface area contributed by atoms with Crippen molar-refractivity contribution in [2.75, 3.05) is 18.5 Å². The number of carbonyl (C=O) groups is 3. The highest BCUT2D eigenvalue weighted by atomic mass is 79.9. The topological polar surface area (TPSA) is 81.7 Å². The fraction of sp³-hybridized carbons (Fsp3) is 0.348. The Morgan fingerprint density at radius 1 is 1.06 bits per heavy atom. The molecule has 2 aromatic rings. The van der Waals surface area contributed by atoms with E-state index in [-0.39, 0.29) is 29.8 Å². The molecule has 0 fully saturated rings. The SMILES string of the molecule is CCOC(=O)C1(C(=O)OCC)CC(c2ccccc2)c2cc(C(=O)C(F)(F)F)cc(Br)c2N1. The zero-order valence-corrected chi connectivity index (χ0v) is 19.4. The van der Waals surface area contributed by atoms with Gasteiger partial charge in [0.1, 0.15) is 0 Å². The second kappa shape index (κ2) is 9.54. The minimum atomic E-state index is -5.06. The Hall–Kier alpha value is -2.88. The Kier molecular flexibility index (Phi) is 7.16. The number of Topliss-reactive ketones (excluding diaryl/α,β-unsaturated/α-hetero) is 1. The van der Waals surface area contributed by atoms with Gasteiger partial charge in [-0.25, -0.2) is 9.59 Å². The van der Waals surface area contributed by atoms with Gasteiger partial charge in [-0.05, 0) is 53.0 Å². The van der Waals surface area contributed by atoms with Crippen molar-refractivity contribution in [1.82, 2.24) is 0 Å². The van der Waals surface area contributed by atoms with Gasteiger partial charge in [-0.1, -0.05) is 30.3 Å². The molecule has 0 aliphatic carbocycles. The number of ether oxygens (including phenoxy) is 2. The van der Waals surface area contributed by atoms with E-state index in [1.165, 1.54) is 0 Å². The third-order valence-corrected chi connectivity index (χ3v) is 5.94. The summed E-state index contributed by atoms with van der Waals surface area (Å²) in [5.74, 6) is -4.44. The minimum Gasteiger partial charge on any atom is -0.464 e. The van der Waals surface area contributed by atoms with Crippen LogP contribution >= 0.6 is 15.9 Å². The average Bonchev–Trinajstić information content (AvgIpc) is 2.78. The Labute approximate surface area is 196 Å². The quantitative estimate of drug-likeness (QED) is 0.323. The summed E-state index contributed by atoms with van der Waals surface area (Å²) in [6, 6.07) is 10.8. The fourth-order valence-corrected chi connectivity index (χ4v) is 4.43. The Morgan fingerprint density at radius 3 is 2.15 bits per heavy atom. The van der Waals surface area contributed by atoms with Crippen LogP contribution in [0.15, 0.2) is 46.9 Å². The van der Waals surface area contributed by atoms with E-state index in [9.17, 15) is 27.6 Å². The highest BCUT2D eigenvalue weighted by Crippen LogP contribution is 2.47. The molecule has 1 aliphatic rings. The standard InChI is InChI=1S/C23H21BrF3NO5/c1-3-32-20(30)22(21(31)33-4-2)12-16(13-8-6-5-7-9-13)15-10-14(19(29)23(25,26)27)11-17(24)18(15)28-22/h5-11,16,28H,3-4,12H2,1-2H3. The Balaban J connectivity index is 2.26. The summed E-state index contributed by atoms with van der Waals surface area (Å²) < 4.78 is 49.8. The molecule has 1 heterocycles. The van der Waals surface area contributed by atoms with Crippen LogP contribution in [0.2, 0.25) is 0 Å². The second-order valence-corrected chi connectivity index (χ2v) is 8.24. The number of esters is 2. The number of nitrogens with one attached hydrogen (secondary N) is 1. The zero-order valence-electron chi connectivity index (χ0n) is 17.8. The Bertz CT molecular complexity index is 1050. The van der Waals surface area contributed by atoms with Crippen LogP contribution in [0.3, 0.4) is 0 Å². The summed E-state index contributed by atoms with van der Waals surface area (Å²) >= 11 is 3.21. The van der Waals surface area contributed by atoms with Crippen LogP contribution in [0, 0.1) is 0 Å². The van der Waals surface area contributed by atoms with Gasteiger partial charge in [0.25, 0.3) is 5.78 Å². The van der Waals surface area contributed by atoms with Crippen molar-refractivity contribution in [1.29, 1.82) is 0 Å². The van der Waals surface area contributed by atoms with Crippen LogP contribution in [0.4, 0.5) is 18.9 Å². The summed E-state index contributed by atoms with van der Waals surface area (Å²) in [5.41, 5.74) is -1.32. The first-order valence-corrected chi connectivity index (χ1v) is 11.0. The van der Waals surface area contributed by atoms with Crippen LogP contribution in [0.1, 0.15) is 47.7 Å². The molecule has 0 bridgehead atoms. The van der Waals surface area contributed by atoms with Crippen LogP contribution < -0.4 is 5.32 Å². The van der Waals surface area contributed by atoms with Gasteiger partial charge in [-0.3, -0.25) is 4.79 Å². The lowest BCUT2D eigenvalue weighted by Gasteiger charge is -2.40. The van der Waals surface area contributed by atoms with Crippen LogP contribution in [-0.4, -0.2) is 42.7 Å². The van der Waals surface area contributed by atoms with Crippen molar-refractivity contribution in [2.45, 2.75) is 37.9 Å². The molecule has 0 saturated carbocycles. The number of rotatable bonds is 6. The van der Waals surface area contributed by atoms with Gasteiger partial charge in [-0.15, -0.1) is 0 Å². The summed E-state index contributed by atoms with van der Waals surface area (Å²) in [4.78, 5) is 38.0. The summed E-state index contributed by atoms with van der Waals surface area (Å²) in [7, 11) is 0. The second-order valence-electron chi connectivity index (χ2n) is 7.39. The predicted octanol–water partition coefficient (Wildman–Crippen LogP) is 5.01. The van der Waals surface area contributed by atoms with E-state index in [2.05, 4.69) is 21.2 Å². The number of benzene rings is 2. The molecule has 0 radical (unpaired) electrons.